The van der Waals surface area contributed by atoms with Gasteiger partial charge in [-0.25, -0.2) is 19.2 Å². The summed E-state index contributed by atoms with van der Waals surface area (Å²) in [5.74, 6) is -4.90. The molecule has 2 unspecified atom stereocenters. The fourth-order valence-corrected chi connectivity index (χ4v) is 0.912. The predicted molar refractivity (Wildman–Crippen MR) is 68.7 cm³/mol. The van der Waals surface area contributed by atoms with E-state index in [2.05, 4.69) is 33.9 Å². The van der Waals surface area contributed by atoms with Gasteiger partial charge in [-0.2, -0.15) is 0 Å². The van der Waals surface area contributed by atoms with Crippen molar-refractivity contribution >= 4 is 23.9 Å². The molecule has 8 nitrogen and oxygen atoms in total. The van der Waals surface area contributed by atoms with E-state index in [4.69, 9.17) is 5.11 Å². The minimum Gasteiger partial charge on any atom is -0.478 e. The van der Waals surface area contributed by atoms with Gasteiger partial charge in [0, 0.05) is 17.7 Å². The molecule has 0 rings (SSSR count). The first-order chi connectivity index (χ1) is 9.72. The van der Waals surface area contributed by atoms with E-state index in [0.29, 0.717) is 6.08 Å². The lowest BCUT2D eigenvalue weighted by Crippen LogP contribution is -2.43. The van der Waals surface area contributed by atoms with Crippen LogP contribution in [0, 0.1) is 0 Å². The first kappa shape index (κ1) is 18.1. The molecule has 0 fully saturated rings. The van der Waals surface area contributed by atoms with E-state index in [1.54, 1.807) is 0 Å². The van der Waals surface area contributed by atoms with Crippen molar-refractivity contribution in [1.29, 1.82) is 0 Å². The zero-order valence-electron chi connectivity index (χ0n) is 11.2. The van der Waals surface area contributed by atoms with Gasteiger partial charge in [-0.05, 0) is 6.92 Å². The summed E-state index contributed by atoms with van der Waals surface area (Å²) < 4.78 is 13.7. The maximum absolute atomic E-state index is 11.4. The number of hydrogen-bond donors (Lipinski definition) is 1. The highest BCUT2D eigenvalue weighted by atomic mass is 16.7. The van der Waals surface area contributed by atoms with E-state index in [-0.39, 0.29) is 5.57 Å². The van der Waals surface area contributed by atoms with Crippen molar-refractivity contribution in [2.45, 2.75) is 19.3 Å². The third kappa shape index (κ3) is 6.19. The minimum atomic E-state index is -2.07. The van der Waals surface area contributed by atoms with Gasteiger partial charge in [0.15, 0.2) is 0 Å². The molecule has 0 saturated carbocycles. The van der Waals surface area contributed by atoms with Crippen LogP contribution in [0.25, 0.3) is 0 Å². The second-order valence-corrected chi connectivity index (χ2v) is 3.59. The van der Waals surface area contributed by atoms with Crippen molar-refractivity contribution < 1.29 is 38.5 Å². The van der Waals surface area contributed by atoms with E-state index in [0.717, 1.165) is 6.08 Å². The SMILES string of the molecule is C=CC(=O)OC(OC(=O)C(=C)C)C(OC(=O)C=C)C(=O)O. The number of carbonyl (C=O) groups excluding carboxylic acids is 3. The molecule has 0 aromatic carbocycles. The molecular formula is C13H14O8. The van der Waals surface area contributed by atoms with Crippen LogP contribution in [-0.4, -0.2) is 41.4 Å². The number of esters is 3. The van der Waals surface area contributed by atoms with Crippen LogP contribution in [0.15, 0.2) is 37.5 Å². The van der Waals surface area contributed by atoms with Gasteiger partial charge in [-0.3, -0.25) is 0 Å². The zero-order chi connectivity index (χ0) is 16.6. The van der Waals surface area contributed by atoms with Crippen LogP contribution in [0.2, 0.25) is 0 Å². The number of carbonyl (C=O) groups is 4. The smallest absolute Gasteiger partial charge is 0.353 e. The molecule has 0 radical (unpaired) electrons. The minimum absolute atomic E-state index is 0.0751. The second kappa shape index (κ2) is 8.31. The van der Waals surface area contributed by atoms with Crippen LogP contribution in [-0.2, 0) is 33.4 Å². The van der Waals surface area contributed by atoms with E-state index in [1.807, 2.05) is 0 Å². The zero-order valence-corrected chi connectivity index (χ0v) is 11.2. The molecule has 0 amide bonds. The fraction of sp³-hybridized carbons (Fsp3) is 0.231. The third-order valence-electron chi connectivity index (χ3n) is 1.87. The lowest BCUT2D eigenvalue weighted by Gasteiger charge is -2.22. The summed E-state index contributed by atoms with van der Waals surface area (Å²) in [6.45, 7) is 10.8. The van der Waals surface area contributed by atoms with Crippen LogP contribution in [0.4, 0.5) is 0 Å². The number of carboxylic acid groups (broad SMARTS) is 1. The first-order valence-corrected chi connectivity index (χ1v) is 5.48. The van der Waals surface area contributed by atoms with E-state index in [1.165, 1.54) is 6.92 Å². The van der Waals surface area contributed by atoms with Crippen molar-refractivity contribution in [2.24, 2.45) is 0 Å². The van der Waals surface area contributed by atoms with Gasteiger partial charge in [0.2, 0.25) is 0 Å². The van der Waals surface area contributed by atoms with Gasteiger partial charge < -0.3 is 19.3 Å². The third-order valence-corrected chi connectivity index (χ3v) is 1.87. The van der Waals surface area contributed by atoms with Gasteiger partial charge in [0.25, 0.3) is 12.4 Å². The van der Waals surface area contributed by atoms with Crippen LogP contribution >= 0.6 is 0 Å². The fourth-order valence-electron chi connectivity index (χ4n) is 0.912. The number of ether oxygens (including phenoxy) is 3. The molecule has 0 aliphatic heterocycles. The average Bonchev–Trinajstić information content (AvgIpc) is 2.42. The monoisotopic (exact) mass is 298 g/mol. The molecule has 0 saturated heterocycles. The Balaban J connectivity index is 5.31. The Morgan fingerprint density at radius 3 is 1.86 bits per heavy atom. The second-order valence-electron chi connectivity index (χ2n) is 3.59. The van der Waals surface area contributed by atoms with Gasteiger partial charge in [0.1, 0.15) is 0 Å². The molecule has 0 spiro atoms. The van der Waals surface area contributed by atoms with Gasteiger partial charge >= 0.3 is 23.9 Å². The Labute approximate surface area is 120 Å². The molecular weight excluding hydrogens is 284 g/mol. The summed E-state index contributed by atoms with van der Waals surface area (Å²) >= 11 is 0. The molecule has 2 atom stereocenters. The van der Waals surface area contributed by atoms with Crippen LogP contribution in [0.5, 0.6) is 0 Å². The molecule has 0 bridgehead atoms. The Hall–Kier alpha value is -2.90. The maximum Gasteiger partial charge on any atom is 0.353 e. The highest BCUT2D eigenvalue weighted by molar-refractivity contribution is 5.89. The summed E-state index contributed by atoms with van der Waals surface area (Å²) in [7, 11) is 0. The Morgan fingerprint density at radius 2 is 1.48 bits per heavy atom. The summed E-state index contributed by atoms with van der Waals surface area (Å²) in [5, 5.41) is 8.98. The molecule has 1 N–H and O–H groups in total. The molecule has 0 aromatic rings. The van der Waals surface area contributed by atoms with Gasteiger partial charge in [-0.15, -0.1) is 0 Å². The Kier molecular flexibility index (Phi) is 7.16. The van der Waals surface area contributed by atoms with Gasteiger partial charge in [-0.1, -0.05) is 19.7 Å². The summed E-state index contributed by atoms with van der Waals surface area (Å²) in [4.78, 5) is 44.7. The summed E-state index contributed by atoms with van der Waals surface area (Å²) in [5.41, 5.74) is -0.0751. The average molecular weight is 298 g/mol. The highest BCUT2D eigenvalue weighted by Gasteiger charge is 2.37. The van der Waals surface area contributed by atoms with Crippen molar-refractivity contribution in [3.05, 3.63) is 37.5 Å². The van der Waals surface area contributed by atoms with Crippen LogP contribution in [0.1, 0.15) is 6.92 Å². The van der Waals surface area contributed by atoms with E-state index < -0.39 is 36.3 Å². The molecule has 0 aromatic heterocycles. The molecule has 114 valence electrons. The molecule has 0 aliphatic rings. The topological polar surface area (TPSA) is 116 Å². The quantitative estimate of drug-likeness (QED) is 0.387. The lowest BCUT2D eigenvalue weighted by atomic mass is 10.3. The van der Waals surface area contributed by atoms with Crippen LogP contribution < -0.4 is 0 Å². The maximum atomic E-state index is 11.4. The van der Waals surface area contributed by atoms with Gasteiger partial charge in [0.05, 0.1) is 0 Å². The number of aliphatic carboxylic acids is 1. The lowest BCUT2D eigenvalue weighted by molar-refractivity contribution is -0.212. The van der Waals surface area contributed by atoms with Crippen molar-refractivity contribution in [3.8, 4) is 0 Å². The standard InChI is InChI=1S/C13H14O8/c1-5-8(14)19-10(11(16)17)13(20-9(15)6-2)21-12(18)7(3)4/h5-6,10,13H,1-3H2,4H3,(H,16,17). The molecule has 0 heterocycles. The van der Waals surface area contributed by atoms with E-state index in [9.17, 15) is 19.2 Å². The summed E-state index contributed by atoms with van der Waals surface area (Å²) in [6, 6.07) is 0. The molecule has 0 aliphatic carbocycles. The van der Waals surface area contributed by atoms with Crippen molar-refractivity contribution in [3.63, 3.8) is 0 Å². The molecule has 8 heteroatoms. The van der Waals surface area contributed by atoms with Crippen molar-refractivity contribution in [2.75, 3.05) is 0 Å². The van der Waals surface area contributed by atoms with E-state index >= 15 is 0 Å². The Bertz CT molecular complexity index is 490. The number of carboxylic acids is 1. The highest BCUT2D eigenvalue weighted by Crippen LogP contribution is 2.11. The normalized spacial score (nSPS) is 12.2. The number of rotatable bonds is 8. The largest absolute Gasteiger partial charge is 0.478 e. The first-order valence-electron chi connectivity index (χ1n) is 5.48. The molecule has 21 heavy (non-hydrogen) atoms. The van der Waals surface area contributed by atoms with Crippen molar-refractivity contribution in [1.82, 2.24) is 0 Å². The Morgan fingerprint density at radius 1 is 1.00 bits per heavy atom. The summed E-state index contributed by atoms with van der Waals surface area (Å²) in [6.07, 6.45) is -2.65. The van der Waals surface area contributed by atoms with Crippen LogP contribution in [0.3, 0.4) is 0 Å². The number of hydrogen-bond acceptors (Lipinski definition) is 7. The predicted octanol–water partition coefficient (Wildman–Crippen LogP) is 0.343.